The van der Waals surface area contributed by atoms with Crippen LogP contribution in [0.3, 0.4) is 0 Å². The van der Waals surface area contributed by atoms with E-state index in [1.165, 1.54) is 11.1 Å². The van der Waals surface area contributed by atoms with Crippen LogP contribution >= 0.6 is 0 Å². The number of carbonyl (C=O) groups excluding carboxylic acids is 1. The molecule has 4 rings (SSSR count). The predicted octanol–water partition coefficient (Wildman–Crippen LogP) is 4.73. The molecule has 2 aromatic carbocycles. The van der Waals surface area contributed by atoms with Gasteiger partial charge in [0.15, 0.2) is 5.82 Å². The Morgan fingerprint density at radius 3 is 2.39 bits per heavy atom. The van der Waals surface area contributed by atoms with Crippen molar-refractivity contribution in [1.82, 2.24) is 14.9 Å². The Morgan fingerprint density at radius 2 is 1.65 bits per heavy atom. The quantitative estimate of drug-likeness (QED) is 0.672. The molecule has 1 aromatic heterocycles. The Morgan fingerprint density at radius 1 is 0.903 bits per heavy atom. The maximum atomic E-state index is 12.8. The van der Waals surface area contributed by atoms with Gasteiger partial charge in [-0.1, -0.05) is 35.9 Å². The van der Waals surface area contributed by atoms with Crippen molar-refractivity contribution < 1.29 is 4.79 Å². The van der Waals surface area contributed by atoms with Crippen LogP contribution in [0.5, 0.6) is 0 Å². The van der Waals surface area contributed by atoms with E-state index < -0.39 is 0 Å². The second kappa shape index (κ2) is 8.76. The van der Waals surface area contributed by atoms with E-state index in [1.807, 2.05) is 49.1 Å². The summed E-state index contributed by atoms with van der Waals surface area (Å²) in [5, 5.41) is 3.06. The smallest absolute Gasteiger partial charge is 0.321 e. The van der Waals surface area contributed by atoms with Crippen LogP contribution in [-0.4, -0.2) is 47.1 Å². The third-order valence-corrected chi connectivity index (χ3v) is 5.85. The molecule has 1 N–H and O–H groups in total. The summed E-state index contributed by atoms with van der Waals surface area (Å²) < 4.78 is 0. The summed E-state index contributed by atoms with van der Waals surface area (Å²) in [6, 6.07) is 16.2. The molecule has 160 valence electrons. The first-order chi connectivity index (χ1) is 14.9. The Bertz CT molecular complexity index is 1100. The molecule has 0 radical (unpaired) electrons. The first kappa shape index (κ1) is 20.8. The van der Waals surface area contributed by atoms with Gasteiger partial charge in [-0.3, -0.25) is 0 Å². The summed E-state index contributed by atoms with van der Waals surface area (Å²) >= 11 is 0. The van der Waals surface area contributed by atoms with Crippen molar-refractivity contribution in [1.29, 1.82) is 0 Å². The molecule has 0 saturated carbocycles. The lowest BCUT2D eigenvalue weighted by molar-refractivity contribution is 0.208. The van der Waals surface area contributed by atoms with Gasteiger partial charge in [0, 0.05) is 49.2 Å². The first-order valence-corrected chi connectivity index (χ1v) is 10.7. The molecule has 0 unspecified atom stereocenters. The molecule has 1 aliphatic rings. The third-order valence-electron chi connectivity index (χ3n) is 5.85. The standard InChI is InChI=1S/C25H29N5O/c1-17-7-5-9-21(15-17)24-26-19(3)16-23(28-24)29-11-13-30(14-12-29)25(31)27-22-10-6-8-18(2)20(22)4/h5-10,15-16H,11-14H2,1-4H3,(H,27,31). The molecule has 0 bridgehead atoms. The molecule has 1 fully saturated rings. The maximum absolute atomic E-state index is 12.8. The molecular weight excluding hydrogens is 386 g/mol. The van der Waals surface area contributed by atoms with Crippen molar-refractivity contribution in [2.75, 3.05) is 36.4 Å². The van der Waals surface area contributed by atoms with Crippen molar-refractivity contribution in [3.63, 3.8) is 0 Å². The van der Waals surface area contributed by atoms with Gasteiger partial charge in [-0.05, 0) is 51.0 Å². The van der Waals surface area contributed by atoms with E-state index in [1.54, 1.807) is 0 Å². The average Bonchev–Trinajstić information content (AvgIpc) is 2.76. The van der Waals surface area contributed by atoms with E-state index in [-0.39, 0.29) is 6.03 Å². The van der Waals surface area contributed by atoms with Gasteiger partial charge >= 0.3 is 6.03 Å². The highest BCUT2D eigenvalue weighted by Gasteiger charge is 2.23. The third kappa shape index (κ3) is 4.68. The number of nitrogens with zero attached hydrogens (tertiary/aromatic N) is 4. The van der Waals surface area contributed by atoms with Gasteiger partial charge < -0.3 is 15.1 Å². The van der Waals surface area contributed by atoms with Crippen LogP contribution < -0.4 is 10.2 Å². The van der Waals surface area contributed by atoms with Crippen LogP contribution in [-0.2, 0) is 0 Å². The number of hydrogen-bond donors (Lipinski definition) is 1. The van der Waals surface area contributed by atoms with Gasteiger partial charge in [0.2, 0.25) is 0 Å². The number of aromatic nitrogens is 2. The fourth-order valence-electron chi connectivity index (χ4n) is 3.85. The summed E-state index contributed by atoms with van der Waals surface area (Å²) in [4.78, 5) is 26.3. The highest BCUT2D eigenvalue weighted by Crippen LogP contribution is 2.23. The van der Waals surface area contributed by atoms with Gasteiger partial charge in [0.05, 0.1) is 0 Å². The minimum absolute atomic E-state index is 0.0485. The Hall–Kier alpha value is -3.41. The Labute approximate surface area is 183 Å². The molecular formula is C25H29N5O. The number of hydrogen-bond acceptors (Lipinski definition) is 4. The molecule has 2 amide bonds. The fraction of sp³-hybridized carbons (Fsp3) is 0.320. The van der Waals surface area contributed by atoms with E-state index in [2.05, 4.69) is 47.2 Å². The lowest BCUT2D eigenvalue weighted by Gasteiger charge is -2.35. The normalized spacial score (nSPS) is 13.9. The zero-order chi connectivity index (χ0) is 22.0. The van der Waals surface area contributed by atoms with Crippen LogP contribution in [0.25, 0.3) is 11.4 Å². The number of carbonyl (C=O) groups is 1. The number of aryl methyl sites for hydroxylation is 3. The van der Waals surface area contributed by atoms with Crippen LogP contribution in [0, 0.1) is 27.7 Å². The molecule has 1 saturated heterocycles. The van der Waals surface area contributed by atoms with Gasteiger partial charge in [0.1, 0.15) is 5.82 Å². The number of anilines is 2. The van der Waals surface area contributed by atoms with Crippen molar-refractivity contribution in [3.05, 3.63) is 70.9 Å². The topological polar surface area (TPSA) is 61.4 Å². The van der Waals surface area contributed by atoms with E-state index in [0.717, 1.165) is 47.2 Å². The van der Waals surface area contributed by atoms with Gasteiger partial charge in [-0.2, -0.15) is 0 Å². The lowest BCUT2D eigenvalue weighted by atomic mass is 10.1. The predicted molar refractivity (Wildman–Crippen MR) is 126 cm³/mol. The van der Waals surface area contributed by atoms with Crippen molar-refractivity contribution in [3.8, 4) is 11.4 Å². The minimum Gasteiger partial charge on any atom is -0.353 e. The van der Waals surface area contributed by atoms with Crippen LogP contribution in [0.1, 0.15) is 22.4 Å². The largest absolute Gasteiger partial charge is 0.353 e. The highest BCUT2D eigenvalue weighted by atomic mass is 16.2. The van der Waals surface area contributed by atoms with E-state index in [0.29, 0.717) is 13.1 Å². The first-order valence-electron chi connectivity index (χ1n) is 10.7. The lowest BCUT2D eigenvalue weighted by Crippen LogP contribution is -2.50. The van der Waals surface area contributed by atoms with Crippen molar-refractivity contribution in [2.45, 2.75) is 27.7 Å². The Balaban J connectivity index is 1.44. The van der Waals surface area contributed by atoms with Crippen LogP contribution in [0.4, 0.5) is 16.3 Å². The fourth-order valence-corrected chi connectivity index (χ4v) is 3.85. The summed E-state index contributed by atoms with van der Waals surface area (Å²) in [5.74, 6) is 1.66. The molecule has 3 aromatic rings. The monoisotopic (exact) mass is 415 g/mol. The molecule has 0 aliphatic carbocycles. The van der Waals surface area contributed by atoms with E-state index >= 15 is 0 Å². The second-order valence-electron chi connectivity index (χ2n) is 8.21. The highest BCUT2D eigenvalue weighted by molar-refractivity contribution is 5.90. The van der Waals surface area contributed by atoms with E-state index in [4.69, 9.17) is 4.98 Å². The van der Waals surface area contributed by atoms with E-state index in [9.17, 15) is 4.79 Å². The number of urea groups is 1. The number of amides is 2. The van der Waals surface area contributed by atoms with Gasteiger partial charge in [-0.25, -0.2) is 14.8 Å². The number of rotatable bonds is 3. The Kier molecular flexibility index (Phi) is 5.89. The summed E-state index contributed by atoms with van der Waals surface area (Å²) in [7, 11) is 0. The zero-order valence-corrected chi connectivity index (χ0v) is 18.6. The zero-order valence-electron chi connectivity index (χ0n) is 18.6. The molecule has 0 spiro atoms. The minimum atomic E-state index is -0.0485. The second-order valence-corrected chi connectivity index (χ2v) is 8.21. The summed E-state index contributed by atoms with van der Waals surface area (Å²) in [6.07, 6.45) is 0. The van der Waals surface area contributed by atoms with Gasteiger partial charge in [-0.15, -0.1) is 0 Å². The van der Waals surface area contributed by atoms with Crippen molar-refractivity contribution >= 4 is 17.5 Å². The number of benzene rings is 2. The molecule has 6 heteroatoms. The molecule has 6 nitrogen and oxygen atoms in total. The summed E-state index contributed by atoms with van der Waals surface area (Å²) in [5.41, 5.74) is 6.31. The number of nitrogens with one attached hydrogen (secondary N) is 1. The maximum Gasteiger partial charge on any atom is 0.321 e. The van der Waals surface area contributed by atoms with Gasteiger partial charge in [0.25, 0.3) is 0 Å². The van der Waals surface area contributed by atoms with Crippen molar-refractivity contribution in [2.24, 2.45) is 0 Å². The molecule has 31 heavy (non-hydrogen) atoms. The summed E-state index contributed by atoms with van der Waals surface area (Å²) in [6.45, 7) is 10.9. The SMILES string of the molecule is Cc1cccc(-c2nc(C)cc(N3CCN(C(=O)Nc4cccc(C)c4C)CC3)n2)c1. The van der Waals surface area contributed by atoms with Crippen LogP contribution in [0.2, 0.25) is 0 Å². The number of piperazine rings is 1. The molecule has 0 atom stereocenters. The molecule has 2 heterocycles. The average molecular weight is 416 g/mol. The molecule has 1 aliphatic heterocycles. The van der Waals surface area contributed by atoms with Crippen LogP contribution in [0.15, 0.2) is 48.5 Å².